The van der Waals surface area contributed by atoms with Crippen LogP contribution in [-0.2, 0) is 5.41 Å². The number of hydrogen-bond acceptors (Lipinski definition) is 2. The molecule has 0 unspecified atom stereocenters. The van der Waals surface area contributed by atoms with Gasteiger partial charge in [-0.05, 0) is 69.4 Å². The summed E-state index contributed by atoms with van der Waals surface area (Å²) in [6.45, 7) is 4.67. The van der Waals surface area contributed by atoms with Crippen molar-refractivity contribution in [3.63, 3.8) is 0 Å². The van der Waals surface area contributed by atoms with Gasteiger partial charge in [-0.25, -0.2) is 9.97 Å². The van der Waals surface area contributed by atoms with Gasteiger partial charge in [0, 0.05) is 43.3 Å². The van der Waals surface area contributed by atoms with Crippen LogP contribution in [0.5, 0.6) is 0 Å². The quantitative estimate of drug-likeness (QED) is 0.168. The number of para-hydroxylation sites is 2. The summed E-state index contributed by atoms with van der Waals surface area (Å²) in [5, 5.41) is 9.73. The predicted molar refractivity (Wildman–Crippen MR) is 229 cm³/mol. The van der Waals surface area contributed by atoms with E-state index < -0.39 is 0 Å². The van der Waals surface area contributed by atoms with Crippen LogP contribution in [0.25, 0.3) is 110 Å². The molecule has 0 spiro atoms. The van der Waals surface area contributed by atoms with Gasteiger partial charge in [-0.2, -0.15) is 0 Å². The highest BCUT2D eigenvalue weighted by Crippen LogP contribution is 2.50. The third-order valence-electron chi connectivity index (χ3n) is 12.6. The van der Waals surface area contributed by atoms with E-state index in [4.69, 9.17) is 9.97 Å². The first-order valence-electron chi connectivity index (χ1n) is 19.1. The van der Waals surface area contributed by atoms with E-state index in [1.165, 1.54) is 71.1 Å². The summed E-state index contributed by atoms with van der Waals surface area (Å²) >= 11 is 0. The Morgan fingerprint density at radius 1 is 0.473 bits per heavy atom. The van der Waals surface area contributed by atoms with Crippen LogP contribution in [0.3, 0.4) is 0 Å². The van der Waals surface area contributed by atoms with E-state index in [1.54, 1.807) is 0 Å². The Morgan fingerprint density at radius 2 is 1.13 bits per heavy atom. The Morgan fingerprint density at radius 3 is 2.04 bits per heavy atom. The van der Waals surface area contributed by atoms with Crippen molar-refractivity contribution in [3.05, 3.63) is 169 Å². The van der Waals surface area contributed by atoms with Gasteiger partial charge in [-0.1, -0.05) is 135 Å². The number of benzene rings is 8. The van der Waals surface area contributed by atoms with E-state index >= 15 is 0 Å². The molecule has 0 amide bonds. The summed E-state index contributed by atoms with van der Waals surface area (Å²) < 4.78 is 4.88. The topological polar surface area (TPSA) is 35.1 Å². The van der Waals surface area contributed by atoms with Crippen LogP contribution in [0.1, 0.15) is 25.0 Å². The summed E-state index contributed by atoms with van der Waals surface area (Å²) in [6.07, 6.45) is 0. The van der Waals surface area contributed by atoms with Gasteiger partial charge in [-0.3, -0.25) is 4.57 Å². The number of aromatic nitrogens is 4. The fraction of sp³-hybridized carbons (Fsp3) is 0.0588. The van der Waals surface area contributed by atoms with Crippen molar-refractivity contribution in [2.75, 3.05) is 0 Å². The van der Waals surface area contributed by atoms with Crippen molar-refractivity contribution in [1.82, 2.24) is 18.9 Å². The van der Waals surface area contributed by atoms with Crippen LogP contribution >= 0.6 is 0 Å². The van der Waals surface area contributed by atoms with E-state index in [0.29, 0.717) is 0 Å². The molecule has 0 aliphatic heterocycles. The van der Waals surface area contributed by atoms with Crippen LogP contribution in [0, 0.1) is 0 Å². The molecule has 1 aliphatic rings. The lowest BCUT2D eigenvalue weighted by molar-refractivity contribution is 0.660. The Kier molecular flexibility index (Phi) is 5.42. The van der Waals surface area contributed by atoms with Crippen LogP contribution in [0.4, 0.5) is 0 Å². The summed E-state index contributed by atoms with van der Waals surface area (Å²) in [5.41, 5.74) is 14.8. The van der Waals surface area contributed by atoms with E-state index in [2.05, 4.69) is 181 Å². The Labute approximate surface area is 315 Å². The monoisotopic (exact) mass is 700 g/mol. The molecule has 55 heavy (non-hydrogen) atoms. The first-order chi connectivity index (χ1) is 27.1. The van der Waals surface area contributed by atoms with E-state index in [0.717, 1.165) is 49.9 Å². The highest BCUT2D eigenvalue weighted by molar-refractivity contribution is 6.31. The summed E-state index contributed by atoms with van der Waals surface area (Å²) in [7, 11) is 0. The highest BCUT2D eigenvalue weighted by atomic mass is 15.1. The second-order valence-corrected chi connectivity index (χ2v) is 15.7. The minimum Gasteiger partial charge on any atom is -0.308 e. The molecule has 0 radical (unpaired) electrons. The molecule has 0 saturated heterocycles. The van der Waals surface area contributed by atoms with Crippen molar-refractivity contribution in [2.45, 2.75) is 19.3 Å². The molecule has 0 N–H and O–H groups in total. The fourth-order valence-corrected chi connectivity index (χ4v) is 10.2. The molecule has 256 valence electrons. The molecule has 1 aliphatic carbocycles. The van der Waals surface area contributed by atoms with Gasteiger partial charge >= 0.3 is 0 Å². The lowest BCUT2D eigenvalue weighted by Gasteiger charge is -2.21. The molecule has 4 heterocycles. The largest absolute Gasteiger partial charge is 0.308 e. The van der Waals surface area contributed by atoms with Crippen LogP contribution in [-0.4, -0.2) is 18.9 Å². The van der Waals surface area contributed by atoms with Gasteiger partial charge in [0.15, 0.2) is 5.82 Å². The molecule has 0 fully saturated rings. The molecule has 12 aromatic rings. The maximum atomic E-state index is 5.71. The van der Waals surface area contributed by atoms with Gasteiger partial charge in [0.25, 0.3) is 0 Å². The standard InChI is InChI=1S/C51H32N4/c1-51(2)38-19-7-5-14-32(38)37-28-30(24-26-39(37)51)47-50(53-48-31-13-4-3-12-29(31)25-27-40(48)52-47)55-42-21-10-16-34-36-18-9-17-35-33-15-6-8-20-41(33)54(49(35)36)43-22-11-23-44(55)46(43)45(34)42/h3-28H,1-2H3. The molecule has 13 rings (SSSR count). The Balaban J connectivity index is 1.22. The molecule has 4 nitrogen and oxygen atoms in total. The number of hydrogen-bond donors (Lipinski definition) is 0. The zero-order valence-electron chi connectivity index (χ0n) is 30.3. The average molecular weight is 701 g/mol. The van der Waals surface area contributed by atoms with Crippen LogP contribution in [0.15, 0.2) is 158 Å². The normalized spacial score (nSPS) is 13.8. The molecular formula is C51H32N4. The maximum absolute atomic E-state index is 5.71. The van der Waals surface area contributed by atoms with Crippen molar-refractivity contribution < 1.29 is 0 Å². The maximum Gasteiger partial charge on any atom is 0.165 e. The van der Waals surface area contributed by atoms with E-state index in [-0.39, 0.29) is 5.41 Å². The number of fused-ring (bicyclic) bond motifs is 11. The third kappa shape index (κ3) is 3.62. The van der Waals surface area contributed by atoms with Crippen LogP contribution in [0.2, 0.25) is 0 Å². The Bertz CT molecular complexity index is 3640. The SMILES string of the molecule is CC1(C)c2ccccc2-c2cc(-c3nc4ccc5ccccc5c4nc3-n3c4cccc5c6cccc7c8ccccc8n(c8cccc3c8c54)c67)ccc21. The Hall–Kier alpha value is -7.04. The molecule has 0 bridgehead atoms. The molecule has 0 saturated carbocycles. The second-order valence-electron chi connectivity index (χ2n) is 15.7. The predicted octanol–water partition coefficient (Wildman–Crippen LogP) is 13.0. The average Bonchev–Trinajstić information content (AvgIpc) is 3.80. The zero-order chi connectivity index (χ0) is 36.2. The summed E-state index contributed by atoms with van der Waals surface area (Å²) in [4.78, 5) is 11.3. The van der Waals surface area contributed by atoms with E-state index in [9.17, 15) is 0 Å². The minimum atomic E-state index is -0.0843. The van der Waals surface area contributed by atoms with Gasteiger partial charge in [0.05, 0.1) is 38.6 Å². The number of nitrogens with zero attached hydrogens (tertiary/aromatic N) is 4. The van der Waals surface area contributed by atoms with Crippen LogP contribution < -0.4 is 0 Å². The summed E-state index contributed by atoms with van der Waals surface area (Å²) in [6, 6.07) is 57.7. The molecule has 0 atom stereocenters. The van der Waals surface area contributed by atoms with Crippen molar-refractivity contribution >= 4 is 81.7 Å². The molecule has 8 aromatic carbocycles. The fourth-order valence-electron chi connectivity index (χ4n) is 10.2. The van der Waals surface area contributed by atoms with Gasteiger partial charge in [0.1, 0.15) is 5.69 Å². The van der Waals surface area contributed by atoms with E-state index in [1.807, 2.05) is 0 Å². The number of rotatable bonds is 2. The summed E-state index contributed by atoms with van der Waals surface area (Å²) in [5.74, 6) is 0.833. The van der Waals surface area contributed by atoms with Crippen molar-refractivity contribution in [1.29, 1.82) is 0 Å². The second kappa shape index (κ2) is 10.1. The lowest BCUT2D eigenvalue weighted by atomic mass is 9.82. The lowest BCUT2D eigenvalue weighted by Crippen LogP contribution is -2.14. The molecular weight excluding hydrogens is 669 g/mol. The first kappa shape index (κ1) is 29.4. The highest BCUT2D eigenvalue weighted by Gasteiger charge is 2.35. The van der Waals surface area contributed by atoms with Gasteiger partial charge in [0.2, 0.25) is 0 Å². The van der Waals surface area contributed by atoms with Gasteiger partial charge in [-0.15, -0.1) is 0 Å². The molecule has 4 aromatic heterocycles. The first-order valence-corrected chi connectivity index (χ1v) is 19.1. The molecule has 4 heteroatoms. The minimum absolute atomic E-state index is 0.0843. The zero-order valence-corrected chi connectivity index (χ0v) is 30.3. The third-order valence-corrected chi connectivity index (χ3v) is 12.6. The van der Waals surface area contributed by atoms with Gasteiger partial charge < -0.3 is 4.40 Å². The van der Waals surface area contributed by atoms with Crippen molar-refractivity contribution in [2.24, 2.45) is 0 Å². The van der Waals surface area contributed by atoms with Crippen molar-refractivity contribution in [3.8, 4) is 28.2 Å². The smallest absolute Gasteiger partial charge is 0.165 e.